The Labute approximate surface area is 128 Å². The van der Waals surface area contributed by atoms with Crippen LogP contribution in [0.15, 0.2) is 24.3 Å². The van der Waals surface area contributed by atoms with Crippen LogP contribution in [-0.2, 0) is 13.0 Å². The maximum Gasteiger partial charge on any atom is 0.155 e. The van der Waals surface area contributed by atoms with Gasteiger partial charge in [-0.3, -0.25) is 0 Å². The Kier molecular flexibility index (Phi) is 6.24. The molecule has 0 atom stereocenters. The molecule has 0 saturated heterocycles. The van der Waals surface area contributed by atoms with E-state index in [4.69, 9.17) is 16.3 Å². The van der Waals surface area contributed by atoms with Crippen LogP contribution >= 0.6 is 22.9 Å². The summed E-state index contributed by atoms with van der Waals surface area (Å²) in [6.45, 7) is 4.59. The SMILES string of the molecule is CCCNCCc1nnc(COc2ccc(Cl)cc2)s1. The molecular weight excluding hydrogens is 294 g/mol. The van der Waals surface area contributed by atoms with Crippen LogP contribution in [0.2, 0.25) is 5.02 Å². The molecule has 0 spiro atoms. The van der Waals surface area contributed by atoms with Crippen LogP contribution in [-0.4, -0.2) is 23.3 Å². The molecule has 0 bridgehead atoms. The molecule has 1 aromatic heterocycles. The number of hydrogen-bond acceptors (Lipinski definition) is 5. The van der Waals surface area contributed by atoms with E-state index in [0.29, 0.717) is 11.6 Å². The molecule has 4 nitrogen and oxygen atoms in total. The first-order valence-electron chi connectivity index (χ1n) is 6.68. The molecule has 0 amide bonds. The lowest BCUT2D eigenvalue weighted by Gasteiger charge is -2.02. The van der Waals surface area contributed by atoms with Gasteiger partial charge < -0.3 is 10.1 Å². The van der Waals surface area contributed by atoms with Crippen LogP contribution in [0, 0.1) is 0 Å². The highest BCUT2D eigenvalue weighted by Crippen LogP contribution is 2.18. The minimum atomic E-state index is 0.446. The van der Waals surface area contributed by atoms with Crippen LogP contribution in [0.1, 0.15) is 23.4 Å². The van der Waals surface area contributed by atoms with Crippen molar-refractivity contribution in [2.75, 3.05) is 13.1 Å². The van der Waals surface area contributed by atoms with E-state index in [-0.39, 0.29) is 0 Å². The Bertz CT molecular complexity index is 515. The summed E-state index contributed by atoms with van der Waals surface area (Å²) in [7, 11) is 0. The minimum absolute atomic E-state index is 0.446. The summed E-state index contributed by atoms with van der Waals surface area (Å²) in [5.41, 5.74) is 0. The van der Waals surface area contributed by atoms with E-state index < -0.39 is 0 Å². The van der Waals surface area contributed by atoms with E-state index in [0.717, 1.165) is 41.7 Å². The van der Waals surface area contributed by atoms with E-state index in [9.17, 15) is 0 Å². The first kappa shape index (κ1) is 15.2. The quantitative estimate of drug-likeness (QED) is 0.760. The summed E-state index contributed by atoms with van der Waals surface area (Å²) in [5, 5.41) is 14.3. The van der Waals surface area contributed by atoms with Crippen LogP contribution in [0.5, 0.6) is 5.75 Å². The molecule has 2 rings (SSSR count). The van der Waals surface area contributed by atoms with Gasteiger partial charge in [0.05, 0.1) is 0 Å². The number of halogens is 1. The second-order valence-electron chi connectivity index (χ2n) is 4.33. The first-order valence-corrected chi connectivity index (χ1v) is 7.87. The van der Waals surface area contributed by atoms with Gasteiger partial charge in [-0.25, -0.2) is 0 Å². The number of nitrogens with zero attached hydrogens (tertiary/aromatic N) is 2. The highest BCUT2D eigenvalue weighted by Gasteiger charge is 2.05. The molecule has 0 aliphatic carbocycles. The maximum absolute atomic E-state index is 5.82. The molecule has 0 saturated carbocycles. The van der Waals surface area contributed by atoms with Crippen LogP contribution in [0.25, 0.3) is 0 Å². The topological polar surface area (TPSA) is 47.0 Å². The van der Waals surface area contributed by atoms with Gasteiger partial charge in [0, 0.05) is 18.0 Å². The Morgan fingerprint density at radius 3 is 2.65 bits per heavy atom. The van der Waals surface area contributed by atoms with Crippen molar-refractivity contribution in [1.29, 1.82) is 0 Å². The second kappa shape index (κ2) is 8.19. The number of ether oxygens (including phenoxy) is 1. The number of benzene rings is 1. The monoisotopic (exact) mass is 311 g/mol. The molecule has 2 aromatic rings. The molecule has 0 fully saturated rings. The predicted molar refractivity (Wildman–Crippen MR) is 82.6 cm³/mol. The van der Waals surface area contributed by atoms with Crippen molar-refractivity contribution < 1.29 is 4.74 Å². The molecule has 1 aromatic carbocycles. The summed E-state index contributed by atoms with van der Waals surface area (Å²) >= 11 is 7.42. The van der Waals surface area contributed by atoms with Crippen molar-refractivity contribution in [3.05, 3.63) is 39.3 Å². The van der Waals surface area contributed by atoms with Gasteiger partial charge in [-0.05, 0) is 37.2 Å². The van der Waals surface area contributed by atoms with Crippen LogP contribution in [0.4, 0.5) is 0 Å². The summed E-state index contributed by atoms with van der Waals surface area (Å²) in [4.78, 5) is 0. The van der Waals surface area contributed by atoms with Crippen molar-refractivity contribution >= 4 is 22.9 Å². The normalized spacial score (nSPS) is 10.7. The van der Waals surface area contributed by atoms with Gasteiger partial charge in [-0.2, -0.15) is 0 Å². The summed E-state index contributed by atoms with van der Waals surface area (Å²) in [6, 6.07) is 7.31. The zero-order valence-electron chi connectivity index (χ0n) is 11.4. The molecule has 0 aliphatic heterocycles. The molecule has 0 radical (unpaired) electrons. The number of rotatable bonds is 8. The number of hydrogen-bond donors (Lipinski definition) is 1. The van der Waals surface area contributed by atoms with Gasteiger partial charge in [0.25, 0.3) is 0 Å². The molecule has 20 heavy (non-hydrogen) atoms. The predicted octanol–water partition coefficient (Wildman–Crippen LogP) is 3.31. The fourth-order valence-corrected chi connectivity index (χ4v) is 2.50. The van der Waals surface area contributed by atoms with Gasteiger partial charge >= 0.3 is 0 Å². The molecule has 0 unspecified atom stereocenters. The molecular formula is C14H18ClN3OS. The third-order valence-corrected chi connectivity index (χ3v) is 3.84. The van der Waals surface area contributed by atoms with Crippen molar-refractivity contribution in [3.8, 4) is 5.75 Å². The molecule has 108 valence electrons. The smallest absolute Gasteiger partial charge is 0.155 e. The Morgan fingerprint density at radius 1 is 1.15 bits per heavy atom. The molecule has 1 N–H and O–H groups in total. The first-order chi connectivity index (χ1) is 9.78. The summed E-state index contributed by atoms with van der Waals surface area (Å²) in [5.74, 6) is 0.788. The lowest BCUT2D eigenvalue weighted by Crippen LogP contribution is -2.17. The third kappa shape index (κ3) is 5.07. The van der Waals surface area contributed by atoms with E-state index in [1.165, 1.54) is 0 Å². The average molecular weight is 312 g/mol. The lowest BCUT2D eigenvalue weighted by atomic mass is 10.3. The third-order valence-electron chi connectivity index (χ3n) is 2.63. The van der Waals surface area contributed by atoms with E-state index in [1.54, 1.807) is 11.3 Å². The minimum Gasteiger partial charge on any atom is -0.486 e. The van der Waals surface area contributed by atoms with Gasteiger partial charge in [0.2, 0.25) is 0 Å². The summed E-state index contributed by atoms with van der Waals surface area (Å²) < 4.78 is 5.64. The molecule has 6 heteroatoms. The Morgan fingerprint density at radius 2 is 1.90 bits per heavy atom. The van der Waals surface area contributed by atoms with E-state index >= 15 is 0 Å². The van der Waals surface area contributed by atoms with Gasteiger partial charge in [0.15, 0.2) is 5.01 Å². The van der Waals surface area contributed by atoms with Gasteiger partial charge in [-0.1, -0.05) is 29.9 Å². The summed E-state index contributed by atoms with van der Waals surface area (Å²) in [6.07, 6.45) is 2.06. The van der Waals surface area contributed by atoms with Crippen molar-refractivity contribution in [2.45, 2.75) is 26.4 Å². The van der Waals surface area contributed by atoms with Crippen molar-refractivity contribution in [2.24, 2.45) is 0 Å². The largest absolute Gasteiger partial charge is 0.486 e. The number of nitrogens with one attached hydrogen (secondary N) is 1. The zero-order chi connectivity index (χ0) is 14.2. The van der Waals surface area contributed by atoms with Crippen LogP contribution < -0.4 is 10.1 Å². The standard InChI is InChI=1S/C14H18ClN3OS/c1-2-8-16-9-7-13-17-18-14(20-13)10-19-12-5-3-11(15)4-6-12/h3-6,16H,2,7-10H2,1H3. The second-order valence-corrected chi connectivity index (χ2v) is 5.92. The Balaban J connectivity index is 1.76. The lowest BCUT2D eigenvalue weighted by molar-refractivity contribution is 0.304. The van der Waals surface area contributed by atoms with Gasteiger partial charge in [-0.15, -0.1) is 10.2 Å². The van der Waals surface area contributed by atoms with Crippen LogP contribution in [0.3, 0.4) is 0 Å². The highest BCUT2D eigenvalue weighted by molar-refractivity contribution is 7.11. The van der Waals surface area contributed by atoms with Crippen molar-refractivity contribution in [1.82, 2.24) is 15.5 Å². The van der Waals surface area contributed by atoms with E-state index in [2.05, 4.69) is 22.4 Å². The molecule has 1 heterocycles. The fourth-order valence-electron chi connectivity index (χ4n) is 1.62. The zero-order valence-corrected chi connectivity index (χ0v) is 13.0. The number of aromatic nitrogens is 2. The average Bonchev–Trinajstić information content (AvgIpc) is 2.91. The highest BCUT2D eigenvalue weighted by atomic mass is 35.5. The van der Waals surface area contributed by atoms with E-state index in [1.807, 2.05) is 24.3 Å². The van der Waals surface area contributed by atoms with Gasteiger partial charge in [0.1, 0.15) is 17.4 Å². The Hall–Kier alpha value is -1.17. The molecule has 0 aliphatic rings. The van der Waals surface area contributed by atoms with Crippen molar-refractivity contribution in [3.63, 3.8) is 0 Å². The fraction of sp³-hybridized carbons (Fsp3) is 0.429. The maximum atomic E-state index is 5.82.